The highest BCUT2D eigenvalue weighted by Gasteiger charge is 2.22. The molecule has 0 radical (unpaired) electrons. The highest BCUT2D eigenvalue weighted by molar-refractivity contribution is 14.1. The molecule has 0 atom stereocenters. The van der Waals surface area contributed by atoms with Crippen molar-refractivity contribution in [3.63, 3.8) is 0 Å². The molecule has 0 heterocycles. The fourth-order valence-corrected chi connectivity index (χ4v) is 1.60. The summed E-state index contributed by atoms with van der Waals surface area (Å²) in [7, 11) is -2.01. The Morgan fingerprint density at radius 2 is 2.00 bits per heavy atom. The van der Waals surface area contributed by atoms with Crippen LogP contribution in [0, 0.1) is 9.39 Å². The number of carboxylic acid groups (broad SMARTS) is 1. The van der Waals surface area contributed by atoms with Crippen LogP contribution in [0.3, 0.4) is 0 Å². The van der Waals surface area contributed by atoms with Gasteiger partial charge in [0.05, 0.1) is 5.56 Å². The van der Waals surface area contributed by atoms with Crippen LogP contribution >= 0.6 is 22.6 Å². The molecule has 0 fully saturated rings. The second kappa shape index (κ2) is 4.24. The van der Waals surface area contributed by atoms with Crippen LogP contribution in [0.15, 0.2) is 12.1 Å². The fraction of sp³-hybridized carbons (Fsp3) is 0. The summed E-state index contributed by atoms with van der Waals surface area (Å²) in [5.41, 5.74) is -1.01. The van der Waals surface area contributed by atoms with Crippen molar-refractivity contribution in [2.45, 2.75) is 0 Å². The minimum Gasteiger partial charge on any atom is -0.478 e. The Hall–Kier alpha value is -0.665. The maximum atomic E-state index is 13.2. The zero-order chi connectivity index (χ0) is 10.9. The van der Waals surface area contributed by atoms with Crippen LogP contribution in [0.5, 0.6) is 0 Å². The number of rotatable bonds is 2. The lowest BCUT2D eigenvalue weighted by Gasteiger charge is -2.05. The molecule has 3 N–H and O–H groups in total. The van der Waals surface area contributed by atoms with Gasteiger partial charge < -0.3 is 15.2 Å². The van der Waals surface area contributed by atoms with E-state index in [1.807, 2.05) is 0 Å². The molecule has 0 saturated heterocycles. The zero-order valence-corrected chi connectivity index (χ0v) is 8.90. The Balaban J connectivity index is 3.40. The molecule has 1 rings (SSSR count). The van der Waals surface area contributed by atoms with E-state index in [9.17, 15) is 9.18 Å². The summed E-state index contributed by atoms with van der Waals surface area (Å²) in [6.07, 6.45) is 0. The number of carbonyl (C=O) groups is 1. The Bertz CT molecular complexity index is 382. The molecule has 74 valence electrons. The van der Waals surface area contributed by atoms with E-state index in [0.29, 0.717) is 3.57 Å². The molecule has 0 unspecified atom stereocenters. The van der Waals surface area contributed by atoms with Crippen LogP contribution in [-0.4, -0.2) is 28.2 Å². The van der Waals surface area contributed by atoms with Crippen LogP contribution in [0.1, 0.15) is 10.4 Å². The molecule has 0 spiro atoms. The fourth-order valence-electron chi connectivity index (χ4n) is 0.954. The summed E-state index contributed by atoms with van der Waals surface area (Å²) >= 11 is 1.76. The van der Waals surface area contributed by atoms with Crippen LogP contribution in [0.4, 0.5) is 4.39 Å². The van der Waals surface area contributed by atoms with E-state index in [1.165, 1.54) is 6.07 Å². The van der Waals surface area contributed by atoms with Crippen molar-refractivity contribution in [3.05, 3.63) is 27.1 Å². The third kappa shape index (κ3) is 2.22. The van der Waals surface area contributed by atoms with Gasteiger partial charge in [-0.1, -0.05) is 0 Å². The largest absolute Gasteiger partial charge is 0.491 e. The molecule has 0 amide bonds. The molecule has 0 bridgehead atoms. The second-order valence-electron chi connectivity index (χ2n) is 2.54. The SMILES string of the molecule is O=C(O)c1cc(I)cc(B(O)O)c1F. The first-order valence-electron chi connectivity index (χ1n) is 3.52. The number of halogens is 2. The van der Waals surface area contributed by atoms with Crippen LogP contribution in [0.2, 0.25) is 0 Å². The summed E-state index contributed by atoms with van der Waals surface area (Å²) in [5, 5.41) is 26.1. The quantitative estimate of drug-likeness (QED) is 0.523. The van der Waals surface area contributed by atoms with Gasteiger partial charge in [0.2, 0.25) is 0 Å². The summed E-state index contributed by atoms with van der Waals surface area (Å²) in [6, 6.07) is 2.29. The van der Waals surface area contributed by atoms with Crippen LogP contribution in [-0.2, 0) is 0 Å². The third-order valence-corrected chi connectivity index (χ3v) is 2.20. The number of hydrogen-bond donors (Lipinski definition) is 3. The van der Waals surface area contributed by atoms with Crippen molar-refractivity contribution >= 4 is 41.1 Å². The predicted molar refractivity (Wildman–Crippen MR) is 55.9 cm³/mol. The van der Waals surface area contributed by atoms with E-state index in [1.54, 1.807) is 22.6 Å². The van der Waals surface area contributed by atoms with E-state index in [4.69, 9.17) is 15.2 Å². The van der Waals surface area contributed by atoms with Crippen LogP contribution in [0.25, 0.3) is 0 Å². The predicted octanol–water partition coefficient (Wildman–Crippen LogP) is -0.192. The van der Waals surface area contributed by atoms with E-state index in [2.05, 4.69) is 0 Å². The van der Waals surface area contributed by atoms with Crippen molar-refractivity contribution < 1.29 is 24.3 Å². The average Bonchev–Trinajstić information content (AvgIpc) is 2.07. The molecule has 1 aromatic rings. The molecule has 7 heteroatoms. The van der Waals surface area contributed by atoms with Gasteiger partial charge >= 0.3 is 13.1 Å². The summed E-state index contributed by atoms with van der Waals surface area (Å²) in [6.45, 7) is 0. The van der Waals surface area contributed by atoms with Gasteiger partial charge in [0.15, 0.2) is 0 Å². The molecule has 0 saturated carbocycles. The van der Waals surface area contributed by atoms with E-state index in [0.717, 1.165) is 6.07 Å². The highest BCUT2D eigenvalue weighted by Crippen LogP contribution is 2.11. The van der Waals surface area contributed by atoms with Gasteiger partial charge in [-0.15, -0.1) is 0 Å². The van der Waals surface area contributed by atoms with E-state index in [-0.39, 0.29) is 0 Å². The van der Waals surface area contributed by atoms with E-state index < -0.39 is 29.9 Å². The number of hydrogen-bond acceptors (Lipinski definition) is 3. The maximum Gasteiger partial charge on any atom is 0.491 e. The van der Waals surface area contributed by atoms with Gasteiger partial charge in [0.1, 0.15) is 5.82 Å². The molecular formula is C7H5BFIO4. The van der Waals surface area contributed by atoms with Gasteiger partial charge in [-0.05, 0) is 34.7 Å². The lowest BCUT2D eigenvalue weighted by Crippen LogP contribution is -2.34. The van der Waals surface area contributed by atoms with Crippen LogP contribution < -0.4 is 5.46 Å². The second-order valence-corrected chi connectivity index (χ2v) is 3.78. The molecule has 0 aromatic heterocycles. The first-order chi connectivity index (χ1) is 6.43. The Morgan fingerprint density at radius 3 is 2.43 bits per heavy atom. The minimum atomic E-state index is -2.01. The monoisotopic (exact) mass is 310 g/mol. The summed E-state index contributed by atoms with van der Waals surface area (Å²) in [4.78, 5) is 10.5. The first-order valence-corrected chi connectivity index (χ1v) is 4.59. The van der Waals surface area contributed by atoms with Gasteiger partial charge in [0.25, 0.3) is 0 Å². The van der Waals surface area contributed by atoms with Crippen molar-refractivity contribution in [1.29, 1.82) is 0 Å². The van der Waals surface area contributed by atoms with E-state index >= 15 is 0 Å². The number of benzene rings is 1. The smallest absolute Gasteiger partial charge is 0.478 e. The molecule has 0 aliphatic heterocycles. The number of carboxylic acids is 1. The van der Waals surface area contributed by atoms with Gasteiger partial charge in [-0.3, -0.25) is 0 Å². The van der Waals surface area contributed by atoms with Gasteiger partial charge in [-0.2, -0.15) is 0 Å². The Morgan fingerprint density at radius 1 is 1.43 bits per heavy atom. The highest BCUT2D eigenvalue weighted by atomic mass is 127. The maximum absolute atomic E-state index is 13.2. The average molecular weight is 310 g/mol. The van der Waals surface area contributed by atoms with Crippen molar-refractivity contribution in [2.24, 2.45) is 0 Å². The summed E-state index contributed by atoms with van der Waals surface area (Å²) in [5.74, 6) is -2.56. The molecule has 4 nitrogen and oxygen atoms in total. The molecule has 1 aromatic carbocycles. The van der Waals surface area contributed by atoms with Crippen molar-refractivity contribution in [2.75, 3.05) is 0 Å². The minimum absolute atomic E-state index is 0.421. The third-order valence-electron chi connectivity index (χ3n) is 1.57. The summed E-state index contributed by atoms with van der Waals surface area (Å²) < 4.78 is 13.7. The number of aromatic carboxylic acids is 1. The van der Waals surface area contributed by atoms with Crippen molar-refractivity contribution in [1.82, 2.24) is 0 Å². The van der Waals surface area contributed by atoms with Crippen molar-refractivity contribution in [3.8, 4) is 0 Å². The van der Waals surface area contributed by atoms with Gasteiger partial charge in [-0.25, -0.2) is 9.18 Å². The molecule has 0 aliphatic carbocycles. The first kappa shape index (κ1) is 11.4. The lowest BCUT2D eigenvalue weighted by atomic mass is 9.79. The molecule has 14 heavy (non-hydrogen) atoms. The zero-order valence-electron chi connectivity index (χ0n) is 6.74. The normalized spacial score (nSPS) is 10.0. The Kier molecular flexibility index (Phi) is 3.45. The molecule has 0 aliphatic rings. The topological polar surface area (TPSA) is 77.8 Å². The lowest BCUT2D eigenvalue weighted by molar-refractivity contribution is 0.0692. The molecular weight excluding hydrogens is 305 g/mol. The standard InChI is InChI=1S/C7H5BFIO4/c9-6-4(7(11)12)1-3(10)2-5(6)8(13)14/h1-2,13-14H,(H,11,12). The Labute approximate surface area is 92.7 Å². The van der Waals surface area contributed by atoms with Gasteiger partial charge in [0, 0.05) is 9.03 Å².